The van der Waals surface area contributed by atoms with Gasteiger partial charge in [-0.15, -0.1) is 0 Å². The van der Waals surface area contributed by atoms with E-state index in [-0.39, 0.29) is 11.1 Å². The Morgan fingerprint density at radius 3 is 2.68 bits per heavy atom. The van der Waals surface area contributed by atoms with E-state index in [4.69, 9.17) is 28.9 Å². The Morgan fingerprint density at radius 1 is 1.21 bits per heavy atom. The molecule has 1 nitrogen and oxygen atoms in total. The van der Waals surface area contributed by atoms with E-state index < -0.39 is 5.82 Å². The maximum Gasteiger partial charge on any atom is 0.142 e. The van der Waals surface area contributed by atoms with Crippen molar-refractivity contribution in [3.63, 3.8) is 0 Å². The fraction of sp³-hybridized carbons (Fsp3) is 0.143. The van der Waals surface area contributed by atoms with Gasteiger partial charge in [0.25, 0.3) is 0 Å². The fourth-order valence-corrected chi connectivity index (χ4v) is 2.69. The minimum atomic E-state index is -0.438. The lowest BCUT2D eigenvalue weighted by Gasteiger charge is -2.15. The fourth-order valence-electron chi connectivity index (χ4n) is 1.85. The average molecular weight is 363 g/mol. The van der Waals surface area contributed by atoms with Crippen LogP contribution in [0, 0.1) is 5.82 Å². The molecule has 0 heterocycles. The predicted octanol–water partition coefficient (Wildman–Crippen LogP) is 5.14. The lowest BCUT2D eigenvalue weighted by molar-refractivity contribution is 0.622. The standard InChI is InChI=1S/C14H11BrCl2FN/c15-9-4-5-11(16)10(7-9)13(19)6-8-2-1-3-12(18)14(8)17/h1-5,7,13H,6,19H2. The zero-order chi connectivity index (χ0) is 14.0. The Hall–Kier alpha value is -0.610. The summed E-state index contributed by atoms with van der Waals surface area (Å²) >= 11 is 15.4. The molecular weight excluding hydrogens is 352 g/mol. The van der Waals surface area contributed by atoms with E-state index in [2.05, 4.69) is 15.9 Å². The minimum Gasteiger partial charge on any atom is -0.324 e. The lowest BCUT2D eigenvalue weighted by atomic mass is 9.99. The van der Waals surface area contributed by atoms with Gasteiger partial charge in [0.15, 0.2) is 0 Å². The van der Waals surface area contributed by atoms with E-state index in [1.807, 2.05) is 12.1 Å². The van der Waals surface area contributed by atoms with Crippen LogP contribution in [0.1, 0.15) is 17.2 Å². The van der Waals surface area contributed by atoms with Gasteiger partial charge in [-0.2, -0.15) is 0 Å². The molecule has 0 bridgehead atoms. The SMILES string of the molecule is NC(Cc1cccc(F)c1Cl)c1cc(Br)ccc1Cl. The highest BCUT2D eigenvalue weighted by Gasteiger charge is 2.14. The molecule has 2 aromatic carbocycles. The highest BCUT2D eigenvalue weighted by atomic mass is 79.9. The van der Waals surface area contributed by atoms with Gasteiger partial charge in [0.2, 0.25) is 0 Å². The summed E-state index contributed by atoms with van der Waals surface area (Å²) in [4.78, 5) is 0. The molecule has 0 aliphatic rings. The molecule has 2 aromatic rings. The van der Waals surface area contributed by atoms with Gasteiger partial charge in [-0.25, -0.2) is 4.39 Å². The minimum absolute atomic E-state index is 0.115. The van der Waals surface area contributed by atoms with Gasteiger partial charge in [-0.3, -0.25) is 0 Å². The van der Waals surface area contributed by atoms with Crippen molar-refractivity contribution in [1.29, 1.82) is 0 Å². The van der Waals surface area contributed by atoms with E-state index in [0.29, 0.717) is 17.0 Å². The Morgan fingerprint density at radius 2 is 1.95 bits per heavy atom. The first-order valence-corrected chi connectivity index (χ1v) is 7.17. The second kappa shape index (κ2) is 6.23. The van der Waals surface area contributed by atoms with Gasteiger partial charge in [-0.1, -0.05) is 51.3 Å². The molecule has 0 spiro atoms. The molecular formula is C14H11BrCl2FN. The molecule has 0 saturated heterocycles. The summed E-state index contributed by atoms with van der Waals surface area (Å²) in [6.45, 7) is 0. The molecule has 1 unspecified atom stereocenters. The van der Waals surface area contributed by atoms with Crippen molar-refractivity contribution >= 4 is 39.1 Å². The van der Waals surface area contributed by atoms with Crippen LogP contribution in [0.25, 0.3) is 0 Å². The average Bonchev–Trinajstić information content (AvgIpc) is 2.38. The van der Waals surface area contributed by atoms with E-state index in [1.54, 1.807) is 18.2 Å². The molecule has 19 heavy (non-hydrogen) atoms. The number of rotatable bonds is 3. The number of hydrogen-bond donors (Lipinski definition) is 1. The van der Waals surface area contributed by atoms with Gasteiger partial charge in [0.1, 0.15) is 5.82 Å². The first kappa shape index (κ1) is 14.8. The maximum absolute atomic E-state index is 13.4. The van der Waals surface area contributed by atoms with Crippen LogP contribution in [-0.2, 0) is 6.42 Å². The van der Waals surface area contributed by atoms with Gasteiger partial charge < -0.3 is 5.73 Å². The second-order valence-corrected chi connectivity index (χ2v) is 5.89. The lowest BCUT2D eigenvalue weighted by Crippen LogP contribution is -2.14. The molecule has 0 radical (unpaired) electrons. The van der Waals surface area contributed by atoms with Gasteiger partial charge in [0.05, 0.1) is 5.02 Å². The third-order valence-electron chi connectivity index (χ3n) is 2.83. The summed E-state index contributed by atoms with van der Waals surface area (Å²) < 4.78 is 14.3. The third kappa shape index (κ3) is 3.48. The topological polar surface area (TPSA) is 26.0 Å². The van der Waals surface area contributed by atoms with Crippen molar-refractivity contribution < 1.29 is 4.39 Å². The molecule has 2 N–H and O–H groups in total. The Kier molecular flexibility index (Phi) is 4.85. The van der Waals surface area contributed by atoms with E-state index in [1.165, 1.54) is 6.07 Å². The van der Waals surface area contributed by atoms with Crippen LogP contribution in [-0.4, -0.2) is 0 Å². The van der Waals surface area contributed by atoms with Crippen LogP contribution in [0.2, 0.25) is 10.0 Å². The smallest absolute Gasteiger partial charge is 0.142 e. The number of nitrogens with two attached hydrogens (primary N) is 1. The van der Waals surface area contributed by atoms with Crippen molar-refractivity contribution in [3.8, 4) is 0 Å². The molecule has 0 saturated carbocycles. The van der Waals surface area contributed by atoms with Crippen LogP contribution in [0.4, 0.5) is 4.39 Å². The highest BCUT2D eigenvalue weighted by Crippen LogP contribution is 2.29. The first-order valence-electron chi connectivity index (χ1n) is 5.62. The van der Waals surface area contributed by atoms with Crippen molar-refractivity contribution in [2.75, 3.05) is 0 Å². The molecule has 1 atom stereocenters. The molecule has 0 fully saturated rings. The monoisotopic (exact) mass is 361 g/mol. The summed E-state index contributed by atoms with van der Waals surface area (Å²) in [5, 5.41) is 0.701. The van der Waals surface area contributed by atoms with Gasteiger partial charge >= 0.3 is 0 Å². The van der Waals surface area contributed by atoms with Crippen LogP contribution < -0.4 is 5.73 Å². The van der Waals surface area contributed by atoms with Gasteiger partial charge in [-0.05, 0) is 41.8 Å². The Bertz CT molecular complexity index is 604. The second-order valence-electron chi connectivity index (χ2n) is 4.19. The Balaban J connectivity index is 2.28. The number of benzene rings is 2. The summed E-state index contributed by atoms with van der Waals surface area (Å²) in [6.07, 6.45) is 0.423. The summed E-state index contributed by atoms with van der Waals surface area (Å²) in [6, 6.07) is 9.83. The quantitative estimate of drug-likeness (QED) is 0.803. The van der Waals surface area contributed by atoms with Crippen molar-refractivity contribution in [2.24, 2.45) is 5.73 Å². The zero-order valence-corrected chi connectivity index (χ0v) is 12.9. The Labute approximate surface area is 129 Å². The maximum atomic E-state index is 13.4. The molecule has 0 amide bonds. The van der Waals surface area contributed by atoms with Crippen molar-refractivity contribution in [1.82, 2.24) is 0 Å². The largest absolute Gasteiger partial charge is 0.324 e. The predicted molar refractivity (Wildman–Crippen MR) is 81.2 cm³/mol. The number of halogens is 4. The summed E-state index contributed by atoms with van der Waals surface area (Å²) in [5.74, 6) is -0.438. The van der Waals surface area contributed by atoms with Crippen LogP contribution in [0.15, 0.2) is 40.9 Å². The molecule has 2 rings (SSSR count). The highest BCUT2D eigenvalue weighted by molar-refractivity contribution is 9.10. The number of hydrogen-bond acceptors (Lipinski definition) is 1. The molecule has 0 aliphatic carbocycles. The first-order chi connectivity index (χ1) is 8.99. The molecule has 100 valence electrons. The van der Waals surface area contributed by atoms with Gasteiger partial charge in [0, 0.05) is 15.5 Å². The zero-order valence-electron chi connectivity index (χ0n) is 9.84. The summed E-state index contributed by atoms with van der Waals surface area (Å²) in [5.41, 5.74) is 7.60. The van der Waals surface area contributed by atoms with E-state index in [0.717, 1.165) is 10.0 Å². The molecule has 0 aliphatic heterocycles. The van der Waals surface area contributed by atoms with Crippen LogP contribution >= 0.6 is 39.1 Å². The third-order valence-corrected chi connectivity index (χ3v) is 4.09. The van der Waals surface area contributed by atoms with Crippen molar-refractivity contribution in [2.45, 2.75) is 12.5 Å². The van der Waals surface area contributed by atoms with Crippen LogP contribution in [0.5, 0.6) is 0 Å². The van der Waals surface area contributed by atoms with E-state index >= 15 is 0 Å². The normalized spacial score (nSPS) is 12.5. The van der Waals surface area contributed by atoms with Crippen LogP contribution in [0.3, 0.4) is 0 Å². The summed E-state index contributed by atoms with van der Waals surface area (Å²) in [7, 11) is 0. The van der Waals surface area contributed by atoms with Crippen molar-refractivity contribution in [3.05, 3.63) is 67.9 Å². The molecule has 5 heteroatoms. The van der Waals surface area contributed by atoms with E-state index in [9.17, 15) is 4.39 Å². The molecule has 0 aromatic heterocycles.